The summed E-state index contributed by atoms with van der Waals surface area (Å²) in [5.74, 6) is -2.29. The lowest BCUT2D eigenvalue weighted by atomic mass is 10.2. The molecule has 0 bridgehead atoms. The number of hydrogen-bond donors (Lipinski definition) is 2. The van der Waals surface area contributed by atoms with Crippen LogP contribution < -0.4 is 10.5 Å². The third-order valence-electron chi connectivity index (χ3n) is 2.60. The van der Waals surface area contributed by atoms with E-state index >= 15 is 0 Å². The van der Waals surface area contributed by atoms with Gasteiger partial charge in [-0.3, -0.25) is 4.72 Å². The number of anilines is 1. The Morgan fingerprint density at radius 2 is 1.65 bits per heavy atom. The van der Waals surface area contributed by atoms with E-state index in [-0.39, 0.29) is 12.2 Å². The third kappa shape index (κ3) is 2.94. The number of sulfonamides is 1. The van der Waals surface area contributed by atoms with E-state index in [0.29, 0.717) is 5.56 Å². The van der Waals surface area contributed by atoms with Gasteiger partial charge in [0.05, 0.1) is 0 Å². The fraction of sp³-hybridized carbons (Fsp3) is 0.0769. The maximum Gasteiger partial charge on any atom is 0.267 e. The average Bonchev–Trinajstić information content (AvgIpc) is 2.37. The fourth-order valence-electron chi connectivity index (χ4n) is 1.71. The summed E-state index contributed by atoms with van der Waals surface area (Å²) < 4.78 is 53.2. The quantitative estimate of drug-likeness (QED) is 0.909. The summed E-state index contributed by atoms with van der Waals surface area (Å²) in [5.41, 5.74) is 6.33. The van der Waals surface area contributed by atoms with Crippen LogP contribution in [0.5, 0.6) is 0 Å². The van der Waals surface area contributed by atoms with E-state index in [1.807, 2.05) is 0 Å². The molecule has 2 aromatic rings. The van der Waals surface area contributed by atoms with Crippen molar-refractivity contribution >= 4 is 15.7 Å². The van der Waals surface area contributed by atoms with Crippen LogP contribution in [0.15, 0.2) is 47.4 Å². The second-order valence-corrected chi connectivity index (χ2v) is 5.68. The summed E-state index contributed by atoms with van der Waals surface area (Å²) in [5, 5.41) is 0. The molecular weight excluding hydrogens is 286 g/mol. The number of nitrogens with one attached hydrogen (secondary N) is 1. The minimum Gasteiger partial charge on any atom is -0.326 e. The molecule has 3 N–H and O–H groups in total. The van der Waals surface area contributed by atoms with Gasteiger partial charge in [0.25, 0.3) is 10.0 Å². The molecule has 0 amide bonds. The Hall–Kier alpha value is -1.99. The summed E-state index contributed by atoms with van der Waals surface area (Å²) >= 11 is 0. The largest absolute Gasteiger partial charge is 0.326 e. The molecule has 106 valence electrons. The van der Waals surface area contributed by atoms with E-state index < -0.39 is 26.6 Å². The van der Waals surface area contributed by atoms with E-state index in [1.54, 1.807) is 12.1 Å². The molecule has 0 aromatic heterocycles. The molecule has 0 radical (unpaired) electrons. The molecule has 0 spiro atoms. The second kappa shape index (κ2) is 5.56. The Balaban J connectivity index is 2.41. The van der Waals surface area contributed by atoms with Gasteiger partial charge in [0.2, 0.25) is 0 Å². The highest BCUT2D eigenvalue weighted by molar-refractivity contribution is 7.92. The Kier molecular flexibility index (Phi) is 4.01. The van der Waals surface area contributed by atoms with Gasteiger partial charge in [0.15, 0.2) is 4.90 Å². The van der Waals surface area contributed by atoms with Gasteiger partial charge >= 0.3 is 0 Å². The van der Waals surface area contributed by atoms with Gasteiger partial charge in [0.1, 0.15) is 11.6 Å². The lowest BCUT2D eigenvalue weighted by Crippen LogP contribution is -2.16. The monoisotopic (exact) mass is 298 g/mol. The van der Waals surface area contributed by atoms with Crippen LogP contribution in [0.25, 0.3) is 0 Å². The normalized spacial score (nSPS) is 11.3. The van der Waals surface area contributed by atoms with Crippen molar-refractivity contribution < 1.29 is 17.2 Å². The highest BCUT2D eigenvalue weighted by Crippen LogP contribution is 2.22. The number of halogens is 2. The summed E-state index contributed by atoms with van der Waals surface area (Å²) in [7, 11) is -4.34. The summed E-state index contributed by atoms with van der Waals surface area (Å²) in [6.45, 7) is 0.226. The van der Waals surface area contributed by atoms with E-state index in [9.17, 15) is 17.2 Å². The first-order chi connectivity index (χ1) is 9.44. The molecule has 0 unspecified atom stereocenters. The standard InChI is InChI=1S/C13H12F2N2O2S/c14-11-5-2-6-12(15)13(11)20(18,19)17-10-4-1-3-9(7-10)8-16/h1-7,17H,8,16H2. The molecule has 4 nitrogen and oxygen atoms in total. The smallest absolute Gasteiger partial charge is 0.267 e. The molecule has 0 atom stereocenters. The number of hydrogen-bond acceptors (Lipinski definition) is 3. The van der Waals surface area contributed by atoms with Crippen molar-refractivity contribution in [3.05, 3.63) is 59.7 Å². The predicted molar refractivity (Wildman–Crippen MR) is 71.5 cm³/mol. The van der Waals surface area contributed by atoms with Crippen LogP contribution in [0.2, 0.25) is 0 Å². The van der Waals surface area contributed by atoms with E-state index in [0.717, 1.165) is 18.2 Å². The molecule has 0 aliphatic rings. The van der Waals surface area contributed by atoms with Gasteiger partial charge in [-0.2, -0.15) is 0 Å². The summed E-state index contributed by atoms with van der Waals surface area (Å²) in [6, 6.07) is 9.13. The van der Waals surface area contributed by atoms with E-state index in [4.69, 9.17) is 5.73 Å². The zero-order valence-corrected chi connectivity index (χ0v) is 11.1. The van der Waals surface area contributed by atoms with Crippen LogP contribution in [0.1, 0.15) is 5.56 Å². The molecule has 2 rings (SSSR count). The number of nitrogens with two attached hydrogens (primary N) is 1. The third-order valence-corrected chi connectivity index (χ3v) is 4.03. The average molecular weight is 298 g/mol. The molecule has 0 aliphatic carbocycles. The summed E-state index contributed by atoms with van der Waals surface area (Å²) in [4.78, 5) is -1.00. The minimum absolute atomic E-state index is 0.190. The first kappa shape index (κ1) is 14.4. The van der Waals surface area contributed by atoms with Crippen LogP contribution in [0.4, 0.5) is 14.5 Å². The molecule has 0 saturated carbocycles. The van der Waals surface area contributed by atoms with Gasteiger partial charge in [-0.1, -0.05) is 18.2 Å². The lowest BCUT2D eigenvalue weighted by Gasteiger charge is -2.10. The van der Waals surface area contributed by atoms with Gasteiger partial charge in [-0.15, -0.1) is 0 Å². The second-order valence-electron chi connectivity index (χ2n) is 4.06. The van der Waals surface area contributed by atoms with Crippen molar-refractivity contribution in [1.82, 2.24) is 0 Å². The van der Waals surface area contributed by atoms with Crippen molar-refractivity contribution in [2.45, 2.75) is 11.4 Å². The van der Waals surface area contributed by atoms with Gasteiger partial charge in [0, 0.05) is 12.2 Å². The zero-order chi connectivity index (χ0) is 14.8. The van der Waals surface area contributed by atoms with Gasteiger partial charge in [-0.25, -0.2) is 17.2 Å². The molecule has 7 heteroatoms. The maximum atomic E-state index is 13.5. The SMILES string of the molecule is NCc1cccc(NS(=O)(=O)c2c(F)cccc2F)c1. The molecular formula is C13H12F2N2O2S. The molecule has 0 heterocycles. The van der Waals surface area contributed by atoms with E-state index in [1.165, 1.54) is 12.1 Å². The number of rotatable bonds is 4. The molecule has 0 saturated heterocycles. The summed E-state index contributed by atoms with van der Waals surface area (Å²) in [6.07, 6.45) is 0. The highest BCUT2D eigenvalue weighted by Gasteiger charge is 2.23. The maximum absolute atomic E-state index is 13.5. The van der Waals surface area contributed by atoms with Crippen LogP contribution in [-0.2, 0) is 16.6 Å². The molecule has 0 fully saturated rings. The Morgan fingerprint density at radius 1 is 1.05 bits per heavy atom. The van der Waals surface area contributed by atoms with Crippen LogP contribution in [0.3, 0.4) is 0 Å². The predicted octanol–water partition coefficient (Wildman–Crippen LogP) is 2.22. The zero-order valence-electron chi connectivity index (χ0n) is 10.3. The van der Waals surface area contributed by atoms with Crippen molar-refractivity contribution in [3.8, 4) is 0 Å². The van der Waals surface area contributed by atoms with Crippen molar-refractivity contribution in [2.24, 2.45) is 5.73 Å². The Morgan fingerprint density at radius 3 is 2.25 bits per heavy atom. The first-order valence-electron chi connectivity index (χ1n) is 5.70. The van der Waals surface area contributed by atoms with E-state index in [2.05, 4.69) is 4.72 Å². The topological polar surface area (TPSA) is 72.2 Å². The van der Waals surface area contributed by atoms with Crippen LogP contribution in [0, 0.1) is 11.6 Å². The van der Waals surface area contributed by atoms with Crippen molar-refractivity contribution in [3.63, 3.8) is 0 Å². The van der Waals surface area contributed by atoms with Crippen molar-refractivity contribution in [2.75, 3.05) is 4.72 Å². The lowest BCUT2D eigenvalue weighted by molar-refractivity contribution is 0.521. The first-order valence-corrected chi connectivity index (χ1v) is 7.18. The molecule has 0 aliphatic heterocycles. The highest BCUT2D eigenvalue weighted by atomic mass is 32.2. The van der Waals surface area contributed by atoms with Crippen molar-refractivity contribution in [1.29, 1.82) is 0 Å². The van der Waals surface area contributed by atoms with Gasteiger partial charge < -0.3 is 5.73 Å². The van der Waals surface area contributed by atoms with Gasteiger partial charge in [-0.05, 0) is 29.8 Å². The minimum atomic E-state index is -4.34. The van der Waals surface area contributed by atoms with Crippen LogP contribution in [-0.4, -0.2) is 8.42 Å². The fourth-order valence-corrected chi connectivity index (χ4v) is 2.90. The molecule has 20 heavy (non-hydrogen) atoms. The van der Waals surface area contributed by atoms with Crippen LogP contribution >= 0.6 is 0 Å². The Labute approximate surface area is 115 Å². The Bertz CT molecular complexity index is 713. The number of benzene rings is 2. The molecule has 2 aromatic carbocycles.